The van der Waals surface area contributed by atoms with Crippen molar-refractivity contribution in [3.05, 3.63) is 145 Å². The molecule has 0 radical (unpaired) electrons. The molecule has 4 aromatic carbocycles. The van der Waals surface area contributed by atoms with E-state index < -0.39 is 12.0 Å². The maximum absolute atomic E-state index is 14.7. The molecule has 0 bridgehead atoms. The summed E-state index contributed by atoms with van der Waals surface area (Å²) in [4.78, 5) is 37.6. The lowest BCUT2D eigenvalue weighted by atomic mass is 9.93. The van der Waals surface area contributed by atoms with E-state index in [2.05, 4.69) is 24.0 Å². The topological polar surface area (TPSA) is 94.9 Å². The average Bonchev–Trinajstić information content (AvgIpc) is 3.65. The molecule has 0 spiro atoms. The highest BCUT2D eigenvalue weighted by Gasteiger charge is 2.35. The van der Waals surface area contributed by atoms with Crippen molar-refractivity contribution in [2.45, 2.75) is 19.9 Å². The van der Waals surface area contributed by atoms with Crippen LogP contribution in [0.5, 0.6) is 11.5 Å². The van der Waals surface area contributed by atoms with Crippen LogP contribution in [0.4, 0.5) is 0 Å². The van der Waals surface area contributed by atoms with Gasteiger partial charge in [-0.15, -0.1) is 0 Å². The van der Waals surface area contributed by atoms with Gasteiger partial charge in [0.05, 0.1) is 48.4 Å². The van der Waals surface area contributed by atoms with Crippen molar-refractivity contribution in [3.63, 3.8) is 0 Å². The highest BCUT2D eigenvalue weighted by Crippen LogP contribution is 2.39. The number of ether oxygens (including phenoxy) is 3. The number of aryl methyl sites for hydroxylation is 1. The Kier molecular flexibility index (Phi) is 8.29. The monoisotopic (exact) mass is 655 g/mol. The van der Waals surface area contributed by atoms with E-state index in [1.807, 2.05) is 78.9 Å². The Hall–Kier alpha value is -5.67. The van der Waals surface area contributed by atoms with Crippen molar-refractivity contribution in [1.82, 2.24) is 9.55 Å². The van der Waals surface area contributed by atoms with Crippen molar-refractivity contribution in [2.75, 3.05) is 20.8 Å². The number of rotatable bonds is 8. The Morgan fingerprint density at radius 3 is 2.31 bits per heavy atom. The van der Waals surface area contributed by atoms with Gasteiger partial charge >= 0.3 is 5.97 Å². The Morgan fingerprint density at radius 1 is 0.917 bits per heavy atom. The summed E-state index contributed by atoms with van der Waals surface area (Å²) in [6.07, 6.45) is 1.94. The molecule has 0 unspecified atom stereocenters. The fourth-order valence-corrected chi connectivity index (χ4v) is 7.26. The number of aromatic amines is 1. The van der Waals surface area contributed by atoms with Crippen LogP contribution in [0, 0.1) is 6.92 Å². The number of aromatic nitrogens is 2. The second-order valence-corrected chi connectivity index (χ2v) is 12.3. The van der Waals surface area contributed by atoms with Gasteiger partial charge in [-0.3, -0.25) is 9.36 Å². The third kappa shape index (κ3) is 5.32. The van der Waals surface area contributed by atoms with Gasteiger partial charge in [0.2, 0.25) is 0 Å². The van der Waals surface area contributed by atoms with Crippen LogP contribution in [0.25, 0.3) is 33.9 Å². The zero-order chi connectivity index (χ0) is 33.4. The van der Waals surface area contributed by atoms with Crippen molar-refractivity contribution in [3.8, 4) is 22.8 Å². The zero-order valence-corrected chi connectivity index (χ0v) is 27.8. The molecule has 0 fully saturated rings. The standard InChI is InChI=1S/C39H33N3O5S/c1-5-47-38(44)32-35(25-16-10-7-11-17-25)41-39-42(36(32)26-19-20-29(45-3)30(21-26)46-4)37(43)31(48-39)22-28-27-18-12-13-23(2)33(27)40-34(28)24-14-8-6-9-15-24/h6-22,36,40H,5H2,1-4H3/b31-22+/t36-/m1/s1. The SMILES string of the molecule is CCOC(=O)C1=C(c2ccccc2)N=c2s/c(=C/c3c(-c4ccccc4)[nH]c4c(C)cccc34)c(=O)n2[C@@H]1c1ccc(OC)c(OC)c1. The number of benzene rings is 4. The van der Waals surface area contributed by atoms with Gasteiger partial charge in [0.25, 0.3) is 5.56 Å². The van der Waals surface area contributed by atoms with Gasteiger partial charge in [-0.25, -0.2) is 9.79 Å². The highest BCUT2D eigenvalue weighted by atomic mass is 32.1. The molecule has 1 aliphatic rings. The molecule has 9 heteroatoms. The first kappa shape index (κ1) is 31.0. The summed E-state index contributed by atoms with van der Waals surface area (Å²) in [5.74, 6) is 0.453. The molecule has 8 nitrogen and oxygen atoms in total. The Morgan fingerprint density at radius 2 is 1.62 bits per heavy atom. The number of nitrogens with zero attached hydrogens (tertiary/aromatic N) is 2. The molecule has 1 aliphatic heterocycles. The van der Waals surface area contributed by atoms with Gasteiger partial charge in [-0.2, -0.15) is 0 Å². The van der Waals surface area contributed by atoms with Crippen molar-refractivity contribution in [2.24, 2.45) is 4.99 Å². The van der Waals surface area contributed by atoms with Crippen LogP contribution in [0.15, 0.2) is 112 Å². The van der Waals surface area contributed by atoms with E-state index >= 15 is 0 Å². The number of carbonyl (C=O) groups is 1. The highest BCUT2D eigenvalue weighted by molar-refractivity contribution is 7.07. The number of esters is 1. The van der Waals surface area contributed by atoms with Crippen molar-refractivity contribution in [1.29, 1.82) is 0 Å². The van der Waals surface area contributed by atoms with Crippen LogP contribution in [0.3, 0.4) is 0 Å². The van der Waals surface area contributed by atoms with Crippen LogP contribution in [0.1, 0.15) is 35.2 Å². The van der Waals surface area contributed by atoms with Crippen LogP contribution in [-0.2, 0) is 9.53 Å². The minimum absolute atomic E-state index is 0.162. The van der Waals surface area contributed by atoms with E-state index in [0.717, 1.165) is 38.9 Å². The normalized spacial score (nSPS) is 14.5. The van der Waals surface area contributed by atoms with Gasteiger partial charge in [-0.05, 0) is 48.7 Å². The zero-order valence-electron chi connectivity index (χ0n) is 26.9. The van der Waals surface area contributed by atoms with E-state index in [9.17, 15) is 9.59 Å². The van der Waals surface area contributed by atoms with E-state index in [0.29, 0.717) is 32.1 Å². The lowest BCUT2D eigenvalue weighted by Gasteiger charge is -2.26. The molecular weight excluding hydrogens is 623 g/mol. The quantitative estimate of drug-likeness (QED) is 0.191. The summed E-state index contributed by atoms with van der Waals surface area (Å²) in [6, 6.07) is 30.3. The van der Waals surface area contributed by atoms with Crippen molar-refractivity contribution >= 4 is 40.0 Å². The third-order valence-corrected chi connectivity index (χ3v) is 9.50. The maximum atomic E-state index is 14.7. The summed E-state index contributed by atoms with van der Waals surface area (Å²) in [6.45, 7) is 3.99. The van der Waals surface area contributed by atoms with Crippen molar-refractivity contribution < 1.29 is 19.0 Å². The van der Waals surface area contributed by atoms with Gasteiger partial charge in [0, 0.05) is 22.0 Å². The predicted molar refractivity (Wildman–Crippen MR) is 189 cm³/mol. The number of methoxy groups -OCH3 is 2. The second kappa shape index (κ2) is 12.8. The van der Waals surface area contributed by atoms with E-state index in [1.165, 1.54) is 11.3 Å². The largest absolute Gasteiger partial charge is 0.493 e. The van der Waals surface area contributed by atoms with Crippen LogP contribution in [-0.4, -0.2) is 36.3 Å². The molecule has 48 heavy (non-hydrogen) atoms. The number of hydrogen-bond donors (Lipinski definition) is 1. The molecule has 1 atom stereocenters. The number of para-hydroxylation sites is 1. The molecule has 0 saturated carbocycles. The summed E-state index contributed by atoms with van der Waals surface area (Å²) in [7, 11) is 3.12. The number of nitrogens with one attached hydrogen (secondary N) is 1. The minimum Gasteiger partial charge on any atom is -0.493 e. The van der Waals surface area contributed by atoms with Crippen LogP contribution < -0.4 is 24.4 Å². The molecule has 1 N–H and O–H groups in total. The Balaban J connectivity index is 1.55. The first-order chi connectivity index (χ1) is 23.4. The van der Waals surface area contributed by atoms with Gasteiger partial charge in [0.15, 0.2) is 16.3 Å². The number of carbonyl (C=O) groups excluding carboxylic acids is 1. The second-order valence-electron chi connectivity index (χ2n) is 11.3. The summed E-state index contributed by atoms with van der Waals surface area (Å²) in [5.41, 5.74) is 6.78. The number of hydrogen-bond acceptors (Lipinski definition) is 7. The maximum Gasteiger partial charge on any atom is 0.338 e. The smallest absolute Gasteiger partial charge is 0.338 e. The average molecular weight is 656 g/mol. The first-order valence-electron chi connectivity index (χ1n) is 15.6. The Bertz CT molecular complexity index is 2390. The summed E-state index contributed by atoms with van der Waals surface area (Å²) < 4.78 is 18.9. The summed E-state index contributed by atoms with van der Waals surface area (Å²) in [5, 5.41) is 1.01. The lowest BCUT2D eigenvalue weighted by molar-refractivity contribution is -0.138. The molecular formula is C39H33N3O5S. The molecule has 0 amide bonds. The van der Waals surface area contributed by atoms with E-state index in [4.69, 9.17) is 19.2 Å². The molecule has 240 valence electrons. The fraction of sp³-hybridized carbons (Fsp3) is 0.154. The van der Waals surface area contributed by atoms with Crippen LogP contribution in [0.2, 0.25) is 0 Å². The third-order valence-electron chi connectivity index (χ3n) is 8.52. The molecule has 7 rings (SSSR count). The number of thiazole rings is 1. The first-order valence-corrected chi connectivity index (χ1v) is 16.4. The predicted octanol–water partition coefficient (Wildman–Crippen LogP) is 6.41. The number of H-pyrrole nitrogens is 1. The molecule has 2 aromatic heterocycles. The summed E-state index contributed by atoms with van der Waals surface area (Å²) >= 11 is 1.29. The lowest BCUT2D eigenvalue weighted by Crippen LogP contribution is -2.40. The number of fused-ring (bicyclic) bond motifs is 2. The Labute approximate surface area is 280 Å². The molecule has 0 aliphatic carbocycles. The van der Waals surface area contributed by atoms with E-state index in [1.54, 1.807) is 37.8 Å². The molecule has 0 saturated heterocycles. The van der Waals surface area contributed by atoms with Gasteiger partial charge < -0.3 is 19.2 Å². The molecule has 3 heterocycles. The van der Waals surface area contributed by atoms with Gasteiger partial charge in [0.1, 0.15) is 0 Å². The minimum atomic E-state index is -0.851. The van der Waals surface area contributed by atoms with Crippen LogP contribution >= 0.6 is 11.3 Å². The molecule has 6 aromatic rings. The van der Waals surface area contributed by atoms with E-state index in [-0.39, 0.29) is 17.7 Å². The van der Waals surface area contributed by atoms with Gasteiger partial charge in [-0.1, -0.05) is 96.3 Å². The fourth-order valence-electron chi connectivity index (χ4n) is 6.28.